The molecule has 3 aromatic rings. The Hall–Kier alpha value is -3.29. The molecule has 8 nitrogen and oxygen atoms in total. The molecule has 4 rings (SSSR count). The molecule has 3 heterocycles. The lowest BCUT2D eigenvalue weighted by Crippen LogP contribution is -2.18. The summed E-state index contributed by atoms with van der Waals surface area (Å²) in [4.78, 5) is 23.5. The smallest absolute Gasteiger partial charge is 0.327 e. The van der Waals surface area contributed by atoms with Gasteiger partial charge in [0.1, 0.15) is 17.9 Å². The summed E-state index contributed by atoms with van der Waals surface area (Å²) >= 11 is 0. The van der Waals surface area contributed by atoms with Gasteiger partial charge in [-0.15, -0.1) is 0 Å². The van der Waals surface area contributed by atoms with Gasteiger partial charge in [-0.1, -0.05) is 24.3 Å². The first-order chi connectivity index (χ1) is 12.7. The van der Waals surface area contributed by atoms with Gasteiger partial charge < -0.3 is 20.2 Å². The summed E-state index contributed by atoms with van der Waals surface area (Å²) in [5.74, 6) is 1.00. The number of H-pyrrole nitrogens is 1. The van der Waals surface area contributed by atoms with Crippen LogP contribution in [-0.2, 0) is 13.0 Å². The van der Waals surface area contributed by atoms with Crippen molar-refractivity contribution in [2.75, 3.05) is 18.9 Å². The van der Waals surface area contributed by atoms with E-state index >= 15 is 0 Å². The number of rotatable bonds is 0. The third-order valence-electron chi connectivity index (χ3n) is 4.18. The van der Waals surface area contributed by atoms with Gasteiger partial charge in [0.25, 0.3) is 0 Å². The van der Waals surface area contributed by atoms with Gasteiger partial charge in [0.15, 0.2) is 11.5 Å². The van der Waals surface area contributed by atoms with E-state index < -0.39 is 0 Å². The lowest BCUT2D eigenvalue weighted by atomic mass is 10.1. The Morgan fingerprint density at radius 3 is 3.04 bits per heavy atom. The van der Waals surface area contributed by atoms with Crippen molar-refractivity contribution in [2.24, 2.45) is 0 Å². The van der Waals surface area contributed by atoms with E-state index in [2.05, 4.69) is 15.0 Å². The maximum atomic E-state index is 12.3. The SMILES string of the molecule is Nc1nc2nc3c1[nH]c(=O)n3CCc1cccc(c1)OCC=CCCO2. The normalized spacial score (nSPS) is 14.9. The number of aryl methyl sites for hydroxylation is 2. The van der Waals surface area contributed by atoms with Gasteiger partial charge in [0.05, 0.1) is 6.61 Å². The van der Waals surface area contributed by atoms with E-state index in [9.17, 15) is 4.79 Å². The molecular formula is C18H19N5O3. The molecule has 4 bridgehead atoms. The Bertz CT molecular complexity index is 1020. The second-order valence-electron chi connectivity index (χ2n) is 5.99. The van der Waals surface area contributed by atoms with Crippen molar-refractivity contribution in [3.8, 4) is 11.8 Å². The largest absolute Gasteiger partial charge is 0.490 e. The molecule has 0 radical (unpaired) electrons. The number of anilines is 1. The predicted molar refractivity (Wildman–Crippen MR) is 97.5 cm³/mol. The van der Waals surface area contributed by atoms with Crippen molar-refractivity contribution in [3.63, 3.8) is 0 Å². The average molecular weight is 353 g/mol. The minimum absolute atomic E-state index is 0.168. The molecule has 0 spiro atoms. The number of fused-ring (bicyclic) bond motifs is 3. The van der Waals surface area contributed by atoms with Gasteiger partial charge in [-0.2, -0.15) is 9.97 Å². The fourth-order valence-corrected chi connectivity index (χ4v) is 2.88. The monoisotopic (exact) mass is 353 g/mol. The third-order valence-corrected chi connectivity index (χ3v) is 4.18. The van der Waals surface area contributed by atoms with Gasteiger partial charge in [-0.3, -0.25) is 4.57 Å². The molecule has 2 aromatic heterocycles. The van der Waals surface area contributed by atoms with Gasteiger partial charge in [-0.25, -0.2) is 4.79 Å². The van der Waals surface area contributed by atoms with E-state index in [1.54, 1.807) is 4.57 Å². The second-order valence-corrected chi connectivity index (χ2v) is 5.99. The maximum absolute atomic E-state index is 12.3. The minimum atomic E-state index is -0.269. The Morgan fingerprint density at radius 2 is 2.12 bits per heavy atom. The van der Waals surface area contributed by atoms with E-state index in [1.807, 2.05) is 36.4 Å². The number of hydrogen-bond donors (Lipinski definition) is 2. The van der Waals surface area contributed by atoms with E-state index in [0.29, 0.717) is 43.8 Å². The Morgan fingerprint density at radius 1 is 1.19 bits per heavy atom. The van der Waals surface area contributed by atoms with Gasteiger partial charge >= 0.3 is 11.7 Å². The van der Waals surface area contributed by atoms with Crippen LogP contribution >= 0.6 is 0 Å². The molecule has 1 aromatic carbocycles. The van der Waals surface area contributed by atoms with Crippen LogP contribution in [0, 0.1) is 0 Å². The summed E-state index contributed by atoms with van der Waals surface area (Å²) in [6, 6.07) is 8.02. The second kappa shape index (κ2) is 6.91. The zero-order valence-electron chi connectivity index (χ0n) is 14.1. The van der Waals surface area contributed by atoms with E-state index in [0.717, 1.165) is 11.3 Å². The fraction of sp³-hybridized carbons (Fsp3) is 0.278. The van der Waals surface area contributed by atoms with Gasteiger partial charge in [0.2, 0.25) is 0 Å². The predicted octanol–water partition coefficient (Wildman–Crippen LogP) is 1.66. The molecule has 0 saturated heterocycles. The van der Waals surface area contributed by atoms with E-state index in [-0.39, 0.29) is 17.5 Å². The van der Waals surface area contributed by atoms with E-state index in [1.165, 1.54) is 0 Å². The molecule has 0 atom stereocenters. The number of aromatic amines is 1. The molecule has 0 amide bonds. The summed E-state index contributed by atoms with van der Waals surface area (Å²) in [7, 11) is 0. The molecule has 134 valence electrons. The molecule has 0 saturated carbocycles. The van der Waals surface area contributed by atoms with Crippen LogP contribution in [0.25, 0.3) is 11.2 Å². The van der Waals surface area contributed by atoms with Crippen LogP contribution in [0.3, 0.4) is 0 Å². The summed E-state index contributed by atoms with van der Waals surface area (Å²) in [6.07, 6.45) is 5.26. The standard InChI is InChI=1S/C18H19N5O3/c19-15-14-16-22-17(21-15)26-10-3-1-2-9-25-13-6-4-5-12(11-13)7-8-23(16)18(24)20-14/h1-2,4-6,11H,3,7-10H2,(H,20,24)(H2,19,21,22). The number of nitrogens with zero attached hydrogens (tertiary/aromatic N) is 3. The fourth-order valence-electron chi connectivity index (χ4n) is 2.88. The first kappa shape index (κ1) is 16.2. The summed E-state index contributed by atoms with van der Waals surface area (Å²) in [5.41, 5.74) is 7.64. The first-order valence-corrected chi connectivity index (χ1v) is 8.46. The van der Waals surface area contributed by atoms with Crippen LogP contribution in [0.5, 0.6) is 11.8 Å². The Kier molecular flexibility index (Phi) is 4.30. The van der Waals surface area contributed by atoms with Crippen LogP contribution in [0.2, 0.25) is 0 Å². The molecule has 3 N–H and O–H groups in total. The Balaban J connectivity index is 1.75. The summed E-state index contributed by atoms with van der Waals surface area (Å²) < 4.78 is 12.9. The number of nitrogens with two attached hydrogens (primary N) is 1. The van der Waals surface area contributed by atoms with Crippen LogP contribution in [0.15, 0.2) is 41.2 Å². The lowest BCUT2D eigenvalue weighted by molar-refractivity contribution is 0.299. The quantitative estimate of drug-likeness (QED) is 0.595. The summed E-state index contributed by atoms with van der Waals surface area (Å²) in [5, 5.41) is 0. The highest BCUT2D eigenvalue weighted by atomic mass is 16.5. The number of nitrogen functional groups attached to an aromatic ring is 1. The molecule has 1 aliphatic heterocycles. The molecule has 26 heavy (non-hydrogen) atoms. The summed E-state index contributed by atoms with van der Waals surface area (Å²) in [6.45, 7) is 1.35. The van der Waals surface area contributed by atoms with Crippen LogP contribution < -0.4 is 20.9 Å². The topological polar surface area (TPSA) is 108 Å². The molecule has 0 fully saturated rings. The molecular weight excluding hydrogens is 334 g/mol. The average Bonchev–Trinajstić information content (AvgIpc) is 2.95. The molecule has 0 aliphatic carbocycles. The van der Waals surface area contributed by atoms with Crippen molar-refractivity contribution < 1.29 is 9.47 Å². The number of benzene rings is 1. The molecule has 0 unspecified atom stereocenters. The van der Waals surface area contributed by atoms with Crippen molar-refractivity contribution in [2.45, 2.75) is 19.4 Å². The highest BCUT2D eigenvalue weighted by Gasteiger charge is 2.14. The molecule has 8 heteroatoms. The van der Waals surface area contributed by atoms with Crippen molar-refractivity contribution in [3.05, 3.63) is 52.5 Å². The number of hydrogen-bond acceptors (Lipinski definition) is 6. The number of ether oxygens (including phenoxy) is 2. The van der Waals surface area contributed by atoms with E-state index in [4.69, 9.17) is 15.2 Å². The first-order valence-electron chi connectivity index (χ1n) is 8.46. The zero-order chi connectivity index (χ0) is 17.9. The number of imidazole rings is 1. The van der Waals surface area contributed by atoms with Crippen LogP contribution in [0.1, 0.15) is 12.0 Å². The minimum Gasteiger partial charge on any atom is -0.490 e. The number of nitrogens with one attached hydrogen (secondary N) is 1. The van der Waals surface area contributed by atoms with Crippen molar-refractivity contribution >= 4 is 17.0 Å². The van der Waals surface area contributed by atoms with Crippen molar-refractivity contribution in [1.29, 1.82) is 0 Å². The Labute approximate surface area is 149 Å². The van der Waals surface area contributed by atoms with Crippen LogP contribution in [0.4, 0.5) is 5.82 Å². The highest BCUT2D eigenvalue weighted by molar-refractivity contribution is 5.81. The zero-order valence-corrected chi connectivity index (χ0v) is 14.1. The van der Waals surface area contributed by atoms with Crippen molar-refractivity contribution in [1.82, 2.24) is 19.5 Å². The van der Waals surface area contributed by atoms with Gasteiger partial charge in [-0.05, 0) is 30.5 Å². The molecule has 1 aliphatic rings. The lowest BCUT2D eigenvalue weighted by Gasteiger charge is -2.09. The number of aromatic nitrogens is 4. The third kappa shape index (κ3) is 3.26. The maximum Gasteiger partial charge on any atom is 0.327 e. The van der Waals surface area contributed by atoms with Crippen LogP contribution in [-0.4, -0.2) is 32.7 Å². The van der Waals surface area contributed by atoms with Gasteiger partial charge in [0, 0.05) is 6.54 Å². The highest BCUT2D eigenvalue weighted by Crippen LogP contribution is 2.19.